The van der Waals surface area contributed by atoms with E-state index < -0.39 is 27.4 Å². The monoisotopic (exact) mass is 301 g/mol. The van der Waals surface area contributed by atoms with Crippen LogP contribution in [0.2, 0.25) is 0 Å². The Labute approximate surface area is 118 Å². The molecule has 2 rings (SSSR count). The molecule has 112 valence electrons. The van der Waals surface area contributed by atoms with Crippen LogP contribution in [0.15, 0.2) is 17.3 Å². The van der Waals surface area contributed by atoms with Gasteiger partial charge in [0.25, 0.3) is 10.0 Å². The van der Waals surface area contributed by atoms with Crippen molar-refractivity contribution < 1.29 is 18.3 Å². The van der Waals surface area contributed by atoms with Crippen molar-refractivity contribution in [2.45, 2.75) is 43.7 Å². The molecule has 0 saturated heterocycles. The number of nitrogens with zero attached hydrogens (tertiary/aromatic N) is 2. The van der Waals surface area contributed by atoms with E-state index in [-0.39, 0.29) is 5.03 Å². The number of aliphatic carboxylic acids is 1. The first kappa shape index (κ1) is 15.0. The topological polar surface area (TPSA) is 101 Å². The van der Waals surface area contributed by atoms with E-state index in [1.807, 2.05) is 0 Å². The predicted molar refractivity (Wildman–Crippen MR) is 71.5 cm³/mol. The van der Waals surface area contributed by atoms with Crippen molar-refractivity contribution in [3.63, 3.8) is 0 Å². The second-order valence-electron chi connectivity index (χ2n) is 5.44. The molecule has 0 bridgehead atoms. The van der Waals surface area contributed by atoms with Crippen LogP contribution >= 0.6 is 0 Å². The second-order valence-corrected chi connectivity index (χ2v) is 7.10. The summed E-state index contributed by atoms with van der Waals surface area (Å²) in [7, 11) is -2.23. The van der Waals surface area contributed by atoms with Crippen LogP contribution in [-0.2, 0) is 21.9 Å². The number of hydrogen-bond donors (Lipinski definition) is 2. The van der Waals surface area contributed by atoms with Crippen LogP contribution in [0.25, 0.3) is 0 Å². The molecular formula is C12H19N3O4S. The zero-order valence-corrected chi connectivity index (χ0v) is 12.4. The van der Waals surface area contributed by atoms with Crippen LogP contribution in [0, 0.1) is 5.41 Å². The van der Waals surface area contributed by atoms with Crippen LogP contribution in [0.1, 0.15) is 32.6 Å². The molecule has 1 aromatic rings. The highest BCUT2D eigenvalue weighted by atomic mass is 32.2. The molecule has 1 heterocycles. The van der Waals surface area contributed by atoms with Gasteiger partial charge in [0.15, 0.2) is 5.03 Å². The summed E-state index contributed by atoms with van der Waals surface area (Å²) in [5, 5.41) is 13.3. The van der Waals surface area contributed by atoms with E-state index in [1.54, 1.807) is 6.92 Å². The molecule has 2 unspecified atom stereocenters. The maximum Gasteiger partial charge on any atom is 0.310 e. The van der Waals surface area contributed by atoms with Gasteiger partial charge < -0.3 is 5.11 Å². The van der Waals surface area contributed by atoms with Gasteiger partial charge in [-0.3, -0.25) is 9.48 Å². The Hall–Kier alpha value is -1.41. The van der Waals surface area contributed by atoms with Crippen molar-refractivity contribution in [3.8, 4) is 0 Å². The summed E-state index contributed by atoms with van der Waals surface area (Å²) in [5.74, 6) is -0.963. The number of nitrogens with one attached hydrogen (secondary N) is 1. The molecule has 0 spiro atoms. The van der Waals surface area contributed by atoms with Gasteiger partial charge in [-0.25, -0.2) is 13.1 Å². The Morgan fingerprint density at radius 2 is 2.25 bits per heavy atom. The van der Waals surface area contributed by atoms with Gasteiger partial charge in [0.2, 0.25) is 0 Å². The Balaban J connectivity index is 2.28. The fourth-order valence-corrected chi connectivity index (χ4v) is 4.16. The second kappa shape index (κ2) is 5.17. The Bertz CT molecular complexity index is 610. The molecule has 1 saturated carbocycles. The van der Waals surface area contributed by atoms with E-state index in [0.717, 1.165) is 12.8 Å². The fourth-order valence-electron chi connectivity index (χ4n) is 2.65. The number of rotatable bonds is 4. The molecule has 0 aliphatic heterocycles. The molecule has 7 nitrogen and oxygen atoms in total. The molecule has 1 aliphatic rings. The van der Waals surface area contributed by atoms with Crippen LogP contribution in [0.3, 0.4) is 0 Å². The zero-order chi connectivity index (χ0) is 15.0. The molecule has 1 aliphatic carbocycles. The SMILES string of the molecule is Cn1nccc1S(=O)(=O)NC1CCCCC1(C)C(=O)O. The largest absolute Gasteiger partial charge is 0.481 e. The lowest BCUT2D eigenvalue weighted by atomic mass is 9.72. The molecular weight excluding hydrogens is 282 g/mol. The molecule has 0 amide bonds. The average Bonchev–Trinajstić information content (AvgIpc) is 2.79. The lowest BCUT2D eigenvalue weighted by Gasteiger charge is -2.37. The summed E-state index contributed by atoms with van der Waals surface area (Å²) in [5.41, 5.74) is -1.07. The highest BCUT2D eigenvalue weighted by Crippen LogP contribution is 2.37. The van der Waals surface area contributed by atoms with E-state index in [9.17, 15) is 18.3 Å². The molecule has 1 aromatic heterocycles. The minimum absolute atomic E-state index is 0.0378. The Morgan fingerprint density at radius 1 is 1.55 bits per heavy atom. The van der Waals surface area contributed by atoms with Crippen LogP contribution in [0.5, 0.6) is 0 Å². The summed E-state index contributed by atoms with van der Waals surface area (Å²) in [6, 6.07) is 0.789. The number of carbonyl (C=O) groups is 1. The molecule has 2 N–H and O–H groups in total. The number of carboxylic acid groups (broad SMARTS) is 1. The van der Waals surface area contributed by atoms with E-state index in [1.165, 1.54) is 24.0 Å². The van der Waals surface area contributed by atoms with E-state index in [2.05, 4.69) is 9.82 Å². The molecule has 20 heavy (non-hydrogen) atoms. The summed E-state index contributed by atoms with van der Waals surface area (Å²) >= 11 is 0. The normalized spacial score (nSPS) is 27.4. The average molecular weight is 301 g/mol. The van der Waals surface area contributed by atoms with Gasteiger partial charge in [-0.2, -0.15) is 5.10 Å². The quantitative estimate of drug-likeness (QED) is 0.853. The van der Waals surface area contributed by atoms with Crippen molar-refractivity contribution in [1.29, 1.82) is 0 Å². The standard InChI is InChI=1S/C12H19N3O4S/c1-12(11(16)17)7-4-3-5-9(12)14-20(18,19)10-6-8-13-15(10)2/h6,8-9,14H,3-5,7H2,1-2H3,(H,16,17). The van der Waals surface area contributed by atoms with E-state index in [4.69, 9.17) is 0 Å². The lowest BCUT2D eigenvalue weighted by Crippen LogP contribution is -2.52. The summed E-state index contributed by atoms with van der Waals surface area (Å²) in [6.07, 6.45) is 4.01. The Kier molecular flexibility index (Phi) is 3.88. The van der Waals surface area contributed by atoms with Gasteiger partial charge >= 0.3 is 5.97 Å². The first-order valence-corrected chi connectivity index (χ1v) is 7.99. The first-order valence-electron chi connectivity index (χ1n) is 6.51. The molecule has 0 aromatic carbocycles. The zero-order valence-electron chi connectivity index (χ0n) is 11.5. The van der Waals surface area contributed by atoms with Gasteiger partial charge in [0, 0.05) is 13.1 Å². The summed E-state index contributed by atoms with van der Waals surface area (Å²) < 4.78 is 28.4. The van der Waals surface area contributed by atoms with Gasteiger partial charge in [0.05, 0.1) is 11.6 Å². The summed E-state index contributed by atoms with van der Waals surface area (Å²) in [6.45, 7) is 1.60. The third-order valence-corrected chi connectivity index (χ3v) is 5.59. The third-order valence-electron chi connectivity index (χ3n) is 4.05. The highest BCUT2D eigenvalue weighted by Gasteiger charge is 2.45. The summed E-state index contributed by atoms with van der Waals surface area (Å²) in [4.78, 5) is 11.5. The molecule has 0 radical (unpaired) electrons. The highest BCUT2D eigenvalue weighted by molar-refractivity contribution is 7.89. The molecule has 8 heteroatoms. The van der Waals surface area contributed by atoms with Crippen LogP contribution in [0.4, 0.5) is 0 Å². The van der Waals surface area contributed by atoms with E-state index in [0.29, 0.717) is 12.8 Å². The third kappa shape index (κ3) is 2.57. The number of aryl methyl sites for hydroxylation is 1. The van der Waals surface area contributed by atoms with Crippen LogP contribution < -0.4 is 4.72 Å². The van der Waals surface area contributed by atoms with Crippen molar-refractivity contribution in [1.82, 2.24) is 14.5 Å². The maximum absolute atomic E-state index is 12.3. The van der Waals surface area contributed by atoms with Gasteiger partial charge in [0.1, 0.15) is 0 Å². The van der Waals surface area contributed by atoms with Crippen LogP contribution in [-0.4, -0.2) is 35.3 Å². The van der Waals surface area contributed by atoms with Crippen molar-refractivity contribution in [2.75, 3.05) is 0 Å². The Morgan fingerprint density at radius 3 is 2.80 bits per heavy atom. The number of carboxylic acids is 1. The van der Waals surface area contributed by atoms with Crippen molar-refractivity contribution in [2.24, 2.45) is 12.5 Å². The van der Waals surface area contributed by atoms with E-state index >= 15 is 0 Å². The maximum atomic E-state index is 12.3. The smallest absolute Gasteiger partial charge is 0.310 e. The number of sulfonamides is 1. The molecule has 1 fully saturated rings. The van der Waals surface area contributed by atoms with Gasteiger partial charge in [-0.05, 0) is 25.8 Å². The predicted octanol–water partition coefficient (Wildman–Crippen LogP) is 0.732. The van der Waals surface area contributed by atoms with Gasteiger partial charge in [-0.1, -0.05) is 12.8 Å². The number of aromatic nitrogens is 2. The van der Waals surface area contributed by atoms with Gasteiger partial charge in [-0.15, -0.1) is 0 Å². The first-order chi connectivity index (χ1) is 9.27. The fraction of sp³-hybridized carbons (Fsp3) is 0.667. The molecule has 2 atom stereocenters. The number of hydrogen-bond acceptors (Lipinski definition) is 4. The minimum atomic E-state index is -3.76. The van der Waals surface area contributed by atoms with Crippen molar-refractivity contribution >= 4 is 16.0 Å². The minimum Gasteiger partial charge on any atom is -0.481 e. The lowest BCUT2D eigenvalue weighted by molar-refractivity contribution is -0.151. The van der Waals surface area contributed by atoms with Crippen molar-refractivity contribution in [3.05, 3.63) is 12.3 Å².